The normalized spacial score (nSPS) is 27.4. The summed E-state index contributed by atoms with van der Waals surface area (Å²) in [5, 5.41) is 11.8. The minimum absolute atomic E-state index is 0.142. The summed E-state index contributed by atoms with van der Waals surface area (Å²) in [6.07, 6.45) is 1.01. The summed E-state index contributed by atoms with van der Waals surface area (Å²) in [6, 6.07) is 7.98. The van der Waals surface area contributed by atoms with E-state index in [4.69, 9.17) is 21.3 Å². The van der Waals surface area contributed by atoms with Crippen LogP contribution in [0.15, 0.2) is 24.3 Å². The number of aryl methyl sites for hydroxylation is 1. The SMILES string of the molecule is Cc1cc(N2C[C@@H]3CCOC[C@]3(CO)C2)nc2cc(Cl)ccc12. The third-order valence-corrected chi connectivity index (χ3v) is 5.65. The summed E-state index contributed by atoms with van der Waals surface area (Å²) in [6.45, 7) is 5.44. The van der Waals surface area contributed by atoms with Crippen molar-refractivity contribution in [1.29, 1.82) is 0 Å². The van der Waals surface area contributed by atoms with E-state index >= 15 is 0 Å². The van der Waals surface area contributed by atoms with Crippen LogP contribution < -0.4 is 4.90 Å². The fourth-order valence-electron chi connectivity index (χ4n) is 4.01. The van der Waals surface area contributed by atoms with Crippen LogP contribution in [0.4, 0.5) is 5.82 Å². The smallest absolute Gasteiger partial charge is 0.129 e. The van der Waals surface area contributed by atoms with Crippen LogP contribution in [0.3, 0.4) is 0 Å². The lowest BCUT2D eigenvalue weighted by Crippen LogP contribution is -2.43. The molecule has 4 nitrogen and oxygen atoms in total. The van der Waals surface area contributed by atoms with E-state index < -0.39 is 0 Å². The van der Waals surface area contributed by atoms with Gasteiger partial charge in [0.25, 0.3) is 0 Å². The quantitative estimate of drug-likeness (QED) is 0.918. The number of nitrogens with zero attached hydrogens (tertiary/aromatic N) is 2. The lowest BCUT2D eigenvalue weighted by Gasteiger charge is -2.36. The summed E-state index contributed by atoms with van der Waals surface area (Å²) in [4.78, 5) is 7.12. The number of fused-ring (bicyclic) bond motifs is 2. The molecule has 2 fully saturated rings. The molecule has 1 N–H and O–H groups in total. The Kier molecular flexibility index (Phi) is 3.71. The average molecular weight is 333 g/mol. The molecular weight excluding hydrogens is 312 g/mol. The van der Waals surface area contributed by atoms with Crippen molar-refractivity contribution in [2.24, 2.45) is 11.3 Å². The molecule has 5 heteroatoms. The monoisotopic (exact) mass is 332 g/mol. The van der Waals surface area contributed by atoms with E-state index in [1.807, 2.05) is 18.2 Å². The fraction of sp³-hybridized carbons (Fsp3) is 0.500. The number of aliphatic hydroxyl groups is 1. The summed E-state index contributed by atoms with van der Waals surface area (Å²) < 4.78 is 5.65. The van der Waals surface area contributed by atoms with Crippen molar-refractivity contribution in [3.63, 3.8) is 0 Å². The number of halogens is 1. The molecular formula is C18H21ClN2O2. The Labute approximate surface area is 141 Å². The highest BCUT2D eigenvalue weighted by Gasteiger charge is 2.48. The molecule has 2 aliphatic heterocycles. The Morgan fingerprint density at radius 3 is 3.09 bits per heavy atom. The second-order valence-electron chi connectivity index (χ2n) is 6.90. The van der Waals surface area contributed by atoms with Gasteiger partial charge in [-0.15, -0.1) is 0 Å². The molecule has 0 aliphatic carbocycles. The molecule has 23 heavy (non-hydrogen) atoms. The van der Waals surface area contributed by atoms with Crippen molar-refractivity contribution in [2.75, 3.05) is 37.8 Å². The lowest BCUT2D eigenvalue weighted by atomic mass is 9.76. The summed E-state index contributed by atoms with van der Waals surface area (Å²) in [5.74, 6) is 1.44. The van der Waals surface area contributed by atoms with Crippen molar-refractivity contribution in [3.8, 4) is 0 Å². The number of ether oxygens (including phenoxy) is 1. The number of aliphatic hydroxyl groups excluding tert-OH is 1. The van der Waals surface area contributed by atoms with E-state index in [-0.39, 0.29) is 12.0 Å². The standard InChI is InChI=1S/C18H21ClN2O2/c1-12-6-17(20-16-7-14(19)2-3-15(12)16)21-8-13-4-5-23-11-18(13,9-21)10-22/h2-3,6-7,13,22H,4-5,8-11H2,1H3/t13-,18+/m0/s1. The minimum Gasteiger partial charge on any atom is -0.396 e. The van der Waals surface area contributed by atoms with Gasteiger partial charge in [-0.05, 0) is 43.0 Å². The predicted molar refractivity (Wildman–Crippen MR) is 92.1 cm³/mol. The first-order chi connectivity index (χ1) is 11.1. The highest BCUT2D eigenvalue weighted by Crippen LogP contribution is 2.42. The summed E-state index contributed by atoms with van der Waals surface area (Å²) in [5.41, 5.74) is 1.99. The van der Waals surface area contributed by atoms with Gasteiger partial charge in [0.1, 0.15) is 5.82 Å². The highest BCUT2D eigenvalue weighted by atomic mass is 35.5. The minimum atomic E-state index is -0.142. The topological polar surface area (TPSA) is 45.6 Å². The number of hydrogen-bond acceptors (Lipinski definition) is 4. The van der Waals surface area contributed by atoms with E-state index in [0.29, 0.717) is 17.5 Å². The molecule has 1 aromatic heterocycles. The summed E-state index contributed by atoms with van der Waals surface area (Å²) >= 11 is 6.12. The first kappa shape index (κ1) is 15.2. The van der Waals surface area contributed by atoms with Crippen LogP contribution in [-0.2, 0) is 4.74 Å². The van der Waals surface area contributed by atoms with E-state index in [1.54, 1.807) is 0 Å². The maximum absolute atomic E-state index is 9.93. The molecule has 0 saturated carbocycles. The average Bonchev–Trinajstić information content (AvgIpc) is 2.94. The van der Waals surface area contributed by atoms with Gasteiger partial charge >= 0.3 is 0 Å². The lowest BCUT2D eigenvalue weighted by molar-refractivity contribution is -0.0543. The number of pyridine rings is 1. The Morgan fingerprint density at radius 1 is 1.43 bits per heavy atom. The predicted octanol–water partition coefficient (Wildman–Crippen LogP) is 3.03. The Morgan fingerprint density at radius 2 is 2.30 bits per heavy atom. The molecule has 122 valence electrons. The van der Waals surface area contributed by atoms with Gasteiger partial charge in [-0.2, -0.15) is 0 Å². The van der Waals surface area contributed by atoms with E-state index in [1.165, 1.54) is 5.56 Å². The third kappa shape index (κ3) is 2.49. The van der Waals surface area contributed by atoms with Gasteiger partial charge < -0.3 is 14.7 Å². The molecule has 0 amide bonds. The molecule has 2 aromatic rings. The van der Waals surface area contributed by atoms with Crippen LogP contribution >= 0.6 is 11.6 Å². The van der Waals surface area contributed by atoms with Gasteiger partial charge in [-0.1, -0.05) is 17.7 Å². The van der Waals surface area contributed by atoms with Crippen LogP contribution in [0.25, 0.3) is 10.9 Å². The molecule has 3 heterocycles. The van der Waals surface area contributed by atoms with Gasteiger partial charge in [-0.3, -0.25) is 0 Å². The molecule has 0 spiro atoms. The van der Waals surface area contributed by atoms with Gasteiger partial charge in [0.15, 0.2) is 0 Å². The first-order valence-corrected chi connectivity index (χ1v) is 8.50. The molecule has 0 radical (unpaired) electrons. The molecule has 0 unspecified atom stereocenters. The van der Waals surface area contributed by atoms with Crippen LogP contribution in [-0.4, -0.2) is 43.0 Å². The van der Waals surface area contributed by atoms with Crippen molar-refractivity contribution >= 4 is 28.3 Å². The maximum atomic E-state index is 9.93. The van der Waals surface area contributed by atoms with Gasteiger partial charge in [0.2, 0.25) is 0 Å². The number of rotatable bonds is 2. The largest absolute Gasteiger partial charge is 0.396 e. The number of benzene rings is 1. The molecule has 0 bridgehead atoms. The second kappa shape index (κ2) is 5.62. The zero-order chi connectivity index (χ0) is 16.0. The molecule has 2 atom stereocenters. The van der Waals surface area contributed by atoms with Crippen molar-refractivity contribution < 1.29 is 9.84 Å². The van der Waals surface area contributed by atoms with Crippen LogP contribution in [0, 0.1) is 18.3 Å². The zero-order valence-electron chi connectivity index (χ0n) is 13.3. The molecule has 4 rings (SSSR count). The number of anilines is 1. The second-order valence-corrected chi connectivity index (χ2v) is 7.33. The maximum Gasteiger partial charge on any atom is 0.129 e. The van der Waals surface area contributed by atoms with Crippen LogP contribution in [0.5, 0.6) is 0 Å². The van der Waals surface area contributed by atoms with E-state index in [0.717, 1.165) is 42.8 Å². The van der Waals surface area contributed by atoms with Crippen LogP contribution in [0.1, 0.15) is 12.0 Å². The van der Waals surface area contributed by atoms with Gasteiger partial charge in [0, 0.05) is 35.5 Å². The Balaban J connectivity index is 1.72. The Bertz CT molecular complexity index is 751. The fourth-order valence-corrected chi connectivity index (χ4v) is 4.18. The number of aromatic nitrogens is 1. The van der Waals surface area contributed by atoms with E-state index in [9.17, 15) is 5.11 Å². The van der Waals surface area contributed by atoms with Crippen molar-refractivity contribution in [3.05, 3.63) is 34.9 Å². The van der Waals surface area contributed by atoms with Gasteiger partial charge in [0.05, 0.1) is 18.7 Å². The zero-order valence-corrected chi connectivity index (χ0v) is 14.0. The summed E-state index contributed by atoms with van der Waals surface area (Å²) in [7, 11) is 0. The number of hydrogen-bond donors (Lipinski definition) is 1. The van der Waals surface area contributed by atoms with E-state index in [2.05, 4.69) is 17.9 Å². The van der Waals surface area contributed by atoms with Crippen molar-refractivity contribution in [1.82, 2.24) is 4.98 Å². The first-order valence-electron chi connectivity index (χ1n) is 8.12. The molecule has 2 aliphatic rings. The van der Waals surface area contributed by atoms with Gasteiger partial charge in [-0.25, -0.2) is 4.98 Å². The molecule has 2 saturated heterocycles. The van der Waals surface area contributed by atoms with Crippen LogP contribution in [0.2, 0.25) is 5.02 Å². The van der Waals surface area contributed by atoms with Crippen molar-refractivity contribution in [2.45, 2.75) is 13.3 Å². The molecule has 1 aromatic carbocycles. The highest BCUT2D eigenvalue weighted by molar-refractivity contribution is 6.31. The third-order valence-electron chi connectivity index (χ3n) is 5.42. The Hall–Kier alpha value is -1.36.